The number of carbonyl (C=O) groups is 4. The van der Waals surface area contributed by atoms with Gasteiger partial charge in [0.1, 0.15) is 0 Å². The number of urea groups is 2. The average molecular weight is 789 g/mol. The Morgan fingerprint density at radius 1 is 0.702 bits per heavy atom. The van der Waals surface area contributed by atoms with Crippen LogP contribution in [0.5, 0.6) is 0 Å². The molecule has 4 aromatic rings. The van der Waals surface area contributed by atoms with Crippen molar-refractivity contribution in [3.63, 3.8) is 0 Å². The van der Waals surface area contributed by atoms with Crippen LogP contribution in [0.25, 0.3) is 0 Å². The van der Waals surface area contributed by atoms with E-state index in [-0.39, 0.29) is 29.6 Å². The molecule has 0 spiro atoms. The van der Waals surface area contributed by atoms with Gasteiger partial charge in [-0.1, -0.05) is 24.3 Å². The molecule has 0 saturated carbocycles. The van der Waals surface area contributed by atoms with Crippen molar-refractivity contribution in [1.82, 2.24) is 29.6 Å². The highest BCUT2D eigenvalue weighted by atomic mass is 19.1. The summed E-state index contributed by atoms with van der Waals surface area (Å²) >= 11 is 0. The number of rotatable bonds is 8. The number of methoxy groups -OCH3 is 1. The predicted octanol–water partition coefficient (Wildman–Crippen LogP) is 6.19. The molecule has 2 fully saturated rings. The first kappa shape index (κ1) is 41.8. The van der Waals surface area contributed by atoms with Gasteiger partial charge in [0.25, 0.3) is 0 Å². The zero-order valence-corrected chi connectivity index (χ0v) is 31.8. The van der Waals surface area contributed by atoms with Crippen LogP contribution in [-0.4, -0.2) is 117 Å². The van der Waals surface area contributed by atoms with Gasteiger partial charge in [-0.25, -0.2) is 28.0 Å². The number of nitrogens with one attached hydrogen (secondary N) is 4. The van der Waals surface area contributed by atoms with Gasteiger partial charge < -0.3 is 40.9 Å². The van der Waals surface area contributed by atoms with Gasteiger partial charge in [-0.2, -0.15) is 0 Å². The number of hydrogen-bond acceptors (Lipinski definition) is 9. The van der Waals surface area contributed by atoms with Gasteiger partial charge in [0.15, 0.2) is 11.6 Å². The number of pyridine rings is 2. The Morgan fingerprint density at radius 3 is 1.60 bits per heavy atom. The minimum atomic E-state index is -0.938. The van der Waals surface area contributed by atoms with Gasteiger partial charge in [0, 0.05) is 88.0 Å². The van der Waals surface area contributed by atoms with Crippen molar-refractivity contribution in [1.29, 1.82) is 0 Å². The lowest BCUT2D eigenvalue weighted by Crippen LogP contribution is -2.58. The third kappa shape index (κ3) is 11.8. The molecule has 6 rings (SSSR count). The minimum absolute atomic E-state index is 0.0594. The second kappa shape index (κ2) is 20.0. The molecule has 5 N–H and O–H groups in total. The number of carbonyl (C=O) groups excluding carboxylic acids is 3. The first-order valence-corrected chi connectivity index (χ1v) is 18.2. The van der Waals surface area contributed by atoms with E-state index in [9.17, 15) is 23.6 Å². The third-order valence-electron chi connectivity index (χ3n) is 9.30. The van der Waals surface area contributed by atoms with E-state index in [1.54, 1.807) is 65.8 Å². The van der Waals surface area contributed by atoms with Crippen LogP contribution in [0, 0.1) is 11.6 Å². The second-order valence-electron chi connectivity index (χ2n) is 13.5. The smallest absolute Gasteiger partial charge is 0.410 e. The number of ether oxygens (including phenoxy) is 1. The summed E-state index contributed by atoms with van der Waals surface area (Å²) in [6, 6.07) is 15.2. The number of halogens is 2. The molecule has 16 nitrogen and oxygen atoms in total. The summed E-state index contributed by atoms with van der Waals surface area (Å²) in [6.45, 7) is 7.64. The number of carboxylic acid groups (broad SMARTS) is 1. The fourth-order valence-corrected chi connectivity index (χ4v) is 6.65. The Balaban J connectivity index is 0.000000219. The number of amides is 6. The van der Waals surface area contributed by atoms with Crippen molar-refractivity contribution in [3.8, 4) is 0 Å². The zero-order valence-electron chi connectivity index (χ0n) is 31.8. The van der Waals surface area contributed by atoms with E-state index >= 15 is 4.39 Å². The average Bonchev–Trinajstić information content (AvgIpc) is 3.19. The van der Waals surface area contributed by atoms with E-state index < -0.39 is 29.8 Å². The molecule has 4 heterocycles. The van der Waals surface area contributed by atoms with Gasteiger partial charge in [0.05, 0.1) is 42.3 Å². The number of benzene rings is 2. The summed E-state index contributed by atoms with van der Waals surface area (Å²) < 4.78 is 34.6. The molecule has 2 aliphatic rings. The van der Waals surface area contributed by atoms with Crippen LogP contribution < -0.4 is 21.3 Å². The van der Waals surface area contributed by atoms with Crippen molar-refractivity contribution in [2.24, 2.45) is 0 Å². The van der Waals surface area contributed by atoms with E-state index in [0.29, 0.717) is 74.9 Å². The van der Waals surface area contributed by atoms with E-state index in [1.165, 1.54) is 36.5 Å². The Hall–Kier alpha value is -6.40. The highest BCUT2D eigenvalue weighted by Crippen LogP contribution is 2.24. The monoisotopic (exact) mass is 788 g/mol. The van der Waals surface area contributed by atoms with Gasteiger partial charge in [0.2, 0.25) is 0 Å². The first-order chi connectivity index (χ1) is 27.4. The molecule has 0 bridgehead atoms. The Labute approximate surface area is 328 Å². The molecule has 18 heteroatoms. The fourth-order valence-electron chi connectivity index (χ4n) is 6.65. The van der Waals surface area contributed by atoms with Crippen molar-refractivity contribution in [3.05, 3.63) is 108 Å². The van der Waals surface area contributed by atoms with Crippen molar-refractivity contribution < 1.29 is 37.8 Å². The van der Waals surface area contributed by atoms with Crippen molar-refractivity contribution in [2.75, 3.05) is 67.6 Å². The van der Waals surface area contributed by atoms with Gasteiger partial charge in [-0.3, -0.25) is 19.8 Å². The van der Waals surface area contributed by atoms with E-state index in [2.05, 4.69) is 36.1 Å². The quantitative estimate of drug-likeness (QED) is 0.138. The molecule has 57 heavy (non-hydrogen) atoms. The lowest BCUT2D eigenvalue weighted by Gasteiger charge is -2.43. The maximum atomic E-state index is 15.0. The van der Waals surface area contributed by atoms with Crippen LogP contribution in [0.15, 0.2) is 85.5 Å². The molecule has 302 valence electrons. The number of piperazine rings is 2. The molecule has 6 amide bonds. The van der Waals surface area contributed by atoms with Crippen LogP contribution in [0.1, 0.15) is 25.0 Å². The Kier molecular flexibility index (Phi) is 14.6. The lowest BCUT2D eigenvalue weighted by molar-refractivity contribution is 0.0295. The van der Waals surface area contributed by atoms with Crippen LogP contribution in [0.3, 0.4) is 0 Å². The predicted molar refractivity (Wildman–Crippen MR) is 210 cm³/mol. The summed E-state index contributed by atoms with van der Waals surface area (Å²) in [5.41, 5.74) is 2.11. The van der Waals surface area contributed by atoms with Gasteiger partial charge in [-0.05, 0) is 50.2 Å². The van der Waals surface area contributed by atoms with Crippen molar-refractivity contribution in [2.45, 2.75) is 39.0 Å². The van der Waals surface area contributed by atoms with Crippen LogP contribution in [-0.2, 0) is 17.8 Å². The number of aromatic nitrogens is 2. The molecular weight excluding hydrogens is 742 g/mol. The van der Waals surface area contributed by atoms with Crippen LogP contribution in [0.2, 0.25) is 0 Å². The Bertz CT molecular complexity index is 1980. The second-order valence-corrected chi connectivity index (χ2v) is 13.5. The molecule has 2 saturated heterocycles. The van der Waals surface area contributed by atoms with Crippen LogP contribution >= 0.6 is 0 Å². The molecular formula is C39H46F2N10O6. The summed E-state index contributed by atoms with van der Waals surface area (Å²) in [4.78, 5) is 62.1. The normalized spacial score (nSPS) is 17.1. The molecule has 2 aliphatic heterocycles. The topological polar surface area (TPSA) is 185 Å². The van der Waals surface area contributed by atoms with E-state index in [1.807, 2.05) is 18.7 Å². The number of hydrogen-bond donors (Lipinski definition) is 5. The standard InChI is InChI=1S/C21H26FN5O3.C18H20FN5O3/c1-14-11-26(12-15(2)27(14)21(29)30-3)13-16-6-4-8-18(19(16)22)25-20(28)24-17-7-5-9-23-10-17;19-16-13(12-23-7-9-24(10-8-23)18(26)27)3-1-5-15(16)22-17(25)21-14-4-2-6-20-11-14/h4-10,14-15H,11-13H2,1-3H3,(H2,24,25,28);1-6,11H,7-10,12H2,(H,26,27)(H2,21,22,25)/t14-,15+;. The summed E-state index contributed by atoms with van der Waals surface area (Å²) in [5.74, 6) is -0.978. The number of nitrogens with zero attached hydrogens (tertiary/aromatic N) is 6. The molecule has 0 radical (unpaired) electrons. The number of anilines is 4. The highest BCUT2D eigenvalue weighted by Gasteiger charge is 2.34. The summed E-state index contributed by atoms with van der Waals surface area (Å²) in [5, 5.41) is 19.2. The van der Waals surface area contributed by atoms with Crippen LogP contribution in [0.4, 0.5) is 50.7 Å². The molecule has 2 aromatic heterocycles. The largest absolute Gasteiger partial charge is 0.465 e. The SMILES string of the molecule is COC(=O)N1[C@H](C)CN(Cc2cccc(NC(=O)Nc3cccnc3)c2F)C[C@@H]1C.O=C(Nc1cccnc1)Nc1cccc(CN2CCN(C(=O)O)CC2)c1F. The molecule has 2 atom stereocenters. The molecule has 0 aliphatic carbocycles. The minimum Gasteiger partial charge on any atom is -0.465 e. The van der Waals surface area contributed by atoms with Crippen molar-refractivity contribution >= 4 is 47.0 Å². The van der Waals surface area contributed by atoms with E-state index in [0.717, 1.165) is 0 Å². The fraction of sp³-hybridized carbons (Fsp3) is 0.333. The maximum absolute atomic E-state index is 15.0. The zero-order chi connectivity index (χ0) is 40.9. The molecule has 0 unspecified atom stereocenters. The first-order valence-electron chi connectivity index (χ1n) is 18.2. The maximum Gasteiger partial charge on any atom is 0.410 e. The summed E-state index contributed by atoms with van der Waals surface area (Å²) in [7, 11) is 1.37. The third-order valence-corrected chi connectivity index (χ3v) is 9.30. The van der Waals surface area contributed by atoms with E-state index in [4.69, 9.17) is 9.84 Å². The Morgan fingerprint density at radius 2 is 1.18 bits per heavy atom. The van der Waals surface area contributed by atoms with Gasteiger partial charge >= 0.3 is 24.2 Å². The molecule has 2 aromatic carbocycles. The lowest BCUT2D eigenvalue weighted by atomic mass is 10.1. The van der Waals surface area contributed by atoms with Gasteiger partial charge in [-0.15, -0.1) is 0 Å². The highest BCUT2D eigenvalue weighted by molar-refractivity contribution is 6.00. The summed E-state index contributed by atoms with van der Waals surface area (Å²) in [6.07, 6.45) is 4.88.